The summed E-state index contributed by atoms with van der Waals surface area (Å²) in [4.78, 5) is 0. The molecule has 0 heterocycles. The molecule has 0 aromatic heterocycles. The Morgan fingerprint density at radius 3 is 2.62 bits per heavy atom. The first-order chi connectivity index (χ1) is 7.58. The fraction of sp³-hybridized carbons (Fsp3) is 0.500. The van der Waals surface area contributed by atoms with Crippen molar-refractivity contribution in [1.29, 1.82) is 0 Å². The Balaban J connectivity index is 2.37. The normalized spacial score (nSPS) is 30.2. The van der Waals surface area contributed by atoms with Crippen LogP contribution in [0.2, 0.25) is 0 Å². The molecule has 0 saturated carbocycles. The van der Waals surface area contributed by atoms with Gasteiger partial charge in [0, 0.05) is 0 Å². The van der Waals surface area contributed by atoms with Gasteiger partial charge >= 0.3 is 0 Å². The first kappa shape index (κ1) is 11.4. The topological polar surface area (TPSA) is 0 Å². The van der Waals surface area contributed by atoms with Crippen molar-refractivity contribution in [3.05, 3.63) is 46.6 Å². The molecule has 0 fully saturated rings. The first-order valence-corrected chi connectivity index (χ1v) is 6.35. The van der Waals surface area contributed by atoms with E-state index in [1.165, 1.54) is 29.6 Å². The molecular weight excluding hydrogens is 192 g/mol. The maximum absolute atomic E-state index is 2.46. The lowest BCUT2D eigenvalue weighted by Gasteiger charge is -2.25. The summed E-state index contributed by atoms with van der Waals surface area (Å²) in [5.74, 6) is 1.38. The van der Waals surface area contributed by atoms with Crippen molar-refractivity contribution in [2.24, 2.45) is 11.8 Å². The monoisotopic (exact) mass is 214 g/mol. The van der Waals surface area contributed by atoms with E-state index in [1.807, 2.05) is 0 Å². The molecule has 0 amide bonds. The van der Waals surface area contributed by atoms with Gasteiger partial charge in [-0.15, -0.1) is 0 Å². The zero-order valence-corrected chi connectivity index (χ0v) is 10.9. The van der Waals surface area contributed by atoms with E-state index < -0.39 is 0 Å². The molecule has 0 heteroatoms. The molecule has 2 rings (SSSR count). The van der Waals surface area contributed by atoms with Gasteiger partial charge in [-0.25, -0.2) is 0 Å². The van der Waals surface area contributed by atoms with Crippen LogP contribution in [0.25, 0.3) is 0 Å². The molecule has 86 valence electrons. The maximum Gasteiger partial charge on any atom is -0.0210 e. The van der Waals surface area contributed by atoms with Gasteiger partial charge in [-0.3, -0.25) is 0 Å². The summed E-state index contributed by atoms with van der Waals surface area (Å²) in [5.41, 5.74) is 5.99. The van der Waals surface area contributed by atoms with Gasteiger partial charge in [-0.05, 0) is 60.8 Å². The van der Waals surface area contributed by atoms with Crippen LogP contribution in [0.4, 0.5) is 0 Å². The molecule has 0 spiro atoms. The third kappa shape index (κ3) is 2.21. The highest BCUT2D eigenvalue weighted by atomic mass is 14.2. The molecule has 16 heavy (non-hydrogen) atoms. The zero-order valence-electron chi connectivity index (χ0n) is 10.9. The first-order valence-electron chi connectivity index (χ1n) is 6.35. The second kappa shape index (κ2) is 4.45. The Bertz CT molecular complexity index is 402. The highest BCUT2D eigenvalue weighted by Crippen LogP contribution is 2.35. The van der Waals surface area contributed by atoms with Crippen molar-refractivity contribution in [3.63, 3.8) is 0 Å². The molecule has 0 saturated heterocycles. The highest BCUT2D eigenvalue weighted by molar-refractivity contribution is 5.52. The predicted molar refractivity (Wildman–Crippen MR) is 71.2 cm³/mol. The lowest BCUT2D eigenvalue weighted by molar-refractivity contribution is 0.687. The van der Waals surface area contributed by atoms with E-state index >= 15 is 0 Å². The lowest BCUT2D eigenvalue weighted by Crippen LogP contribution is -2.08. The van der Waals surface area contributed by atoms with Gasteiger partial charge in [0.2, 0.25) is 0 Å². The number of hydrogen-bond acceptors (Lipinski definition) is 0. The molecule has 2 atom stereocenters. The molecule has 2 unspecified atom stereocenters. The SMILES string of the molecule is CC1=CCC(C)C=C1C1=C(C)C=CC(C)C1. The van der Waals surface area contributed by atoms with Crippen LogP contribution in [0, 0.1) is 11.8 Å². The predicted octanol–water partition coefficient (Wildman–Crippen LogP) is 4.81. The van der Waals surface area contributed by atoms with Gasteiger partial charge in [0.1, 0.15) is 0 Å². The van der Waals surface area contributed by atoms with Crippen LogP contribution in [0.3, 0.4) is 0 Å². The Labute approximate surface area is 99.4 Å². The van der Waals surface area contributed by atoms with Gasteiger partial charge in [0.15, 0.2) is 0 Å². The summed E-state index contributed by atoms with van der Waals surface area (Å²) < 4.78 is 0. The van der Waals surface area contributed by atoms with Crippen molar-refractivity contribution in [2.75, 3.05) is 0 Å². The molecule has 2 aliphatic rings. The average Bonchev–Trinajstić information content (AvgIpc) is 2.25. The van der Waals surface area contributed by atoms with E-state index in [1.54, 1.807) is 5.57 Å². The summed E-state index contributed by atoms with van der Waals surface area (Å²) in [7, 11) is 0. The average molecular weight is 214 g/mol. The van der Waals surface area contributed by atoms with Crippen molar-refractivity contribution in [3.8, 4) is 0 Å². The summed E-state index contributed by atoms with van der Waals surface area (Å²) in [6.45, 7) is 9.10. The Morgan fingerprint density at radius 1 is 1.12 bits per heavy atom. The van der Waals surface area contributed by atoms with E-state index in [0.29, 0.717) is 11.8 Å². The summed E-state index contributed by atoms with van der Waals surface area (Å²) in [6.07, 6.45) is 11.9. The van der Waals surface area contributed by atoms with Gasteiger partial charge < -0.3 is 0 Å². The van der Waals surface area contributed by atoms with E-state index in [-0.39, 0.29) is 0 Å². The van der Waals surface area contributed by atoms with Crippen molar-refractivity contribution >= 4 is 0 Å². The van der Waals surface area contributed by atoms with Crippen LogP contribution in [-0.2, 0) is 0 Å². The molecule has 0 N–H and O–H groups in total. The van der Waals surface area contributed by atoms with Crippen LogP contribution in [0.15, 0.2) is 46.6 Å². The van der Waals surface area contributed by atoms with Gasteiger partial charge in [-0.2, -0.15) is 0 Å². The standard InChI is InChI=1S/C16H22/c1-11-5-7-13(3)15(9-11)16-10-12(2)6-8-14(16)4/h5,7-8,10-12H,6,9H2,1-4H3. The zero-order chi connectivity index (χ0) is 11.7. The minimum atomic E-state index is 0.685. The molecule has 0 bridgehead atoms. The fourth-order valence-corrected chi connectivity index (χ4v) is 2.58. The lowest BCUT2D eigenvalue weighted by atomic mass is 9.80. The van der Waals surface area contributed by atoms with Gasteiger partial charge in [-0.1, -0.05) is 38.2 Å². The minimum Gasteiger partial charge on any atom is -0.0811 e. The minimum absolute atomic E-state index is 0.685. The third-order valence-electron chi connectivity index (χ3n) is 3.67. The fourth-order valence-electron chi connectivity index (χ4n) is 2.58. The Hall–Kier alpha value is -1.04. The second-order valence-electron chi connectivity index (χ2n) is 5.38. The Kier molecular flexibility index (Phi) is 3.18. The van der Waals surface area contributed by atoms with Crippen LogP contribution in [0.5, 0.6) is 0 Å². The molecule has 0 radical (unpaired) electrons. The summed E-state index contributed by atoms with van der Waals surface area (Å²) >= 11 is 0. The van der Waals surface area contributed by atoms with E-state index in [9.17, 15) is 0 Å². The van der Waals surface area contributed by atoms with Crippen molar-refractivity contribution in [1.82, 2.24) is 0 Å². The van der Waals surface area contributed by atoms with Crippen LogP contribution >= 0.6 is 0 Å². The van der Waals surface area contributed by atoms with Gasteiger partial charge in [0.05, 0.1) is 0 Å². The maximum atomic E-state index is 2.46. The highest BCUT2D eigenvalue weighted by Gasteiger charge is 2.18. The van der Waals surface area contributed by atoms with E-state index in [2.05, 4.69) is 52.0 Å². The number of allylic oxidation sites excluding steroid dienone is 8. The van der Waals surface area contributed by atoms with Crippen LogP contribution in [-0.4, -0.2) is 0 Å². The van der Waals surface area contributed by atoms with Crippen molar-refractivity contribution < 1.29 is 0 Å². The number of hydrogen-bond donors (Lipinski definition) is 0. The quantitative estimate of drug-likeness (QED) is 0.587. The Morgan fingerprint density at radius 2 is 1.88 bits per heavy atom. The second-order valence-corrected chi connectivity index (χ2v) is 5.38. The molecular formula is C16H22. The smallest absolute Gasteiger partial charge is 0.0210 e. The number of rotatable bonds is 1. The van der Waals surface area contributed by atoms with Gasteiger partial charge in [0.25, 0.3) is 0 Å². The van der Waals surface area contributed by atoms with Crippen LogP contribution < -0.4 is 0 Å². The van der Waals surface area contributed by atoms with Crippen LogP contribution in [0.1, 0.15) is 40.5 Å². The molecule has 0 aromatic carbocycles. The molecule has 0 nitrogen and oxygen atoms in total. The van der Waals surface area contributed by atoms with E-state index in [0.717, 1.165) is 0 Å². The van der Waals surface area contributed by atoms with E-state index in [4.69, 9.17) is 0 Å². The molecule has 0 aromatic rings. The molecule has 0 aliphatic heterocycles. The summed E-state index contributed by atoms with van der Waals surface area (Å²) in [5, 5.41) is 0. The summed E-state index contributed by atoms with van der Waals surface area (Å²) in [6, 6.07) is 0. The third-order valence-corrected chi connectivity index (χ3v) is 3.67. The van der Waals surface area contributed by atoms with Crippen molar-refractivity contribution in [2.45, 2.75) is 40.5 Å². The molecule has 2 aliphatic carbocycles. The largest absolute Gasteiger partial charge is 0.0811 e.